The van der Waals surface area contributed by atoms with Gasteiger partial charge in [-0.05, 0) is 18.2 Å². The van der Waals surface area contributed by atoms with E-state index in [2.05, 4.69) is 0 Å². The molecule has 0 radical (unpaired) electrons. The molecule has 0 aromatic rings. The van der Waals surface area contributed by atoms with Crippen molar-refractivity contribution in [2.45, 2.75) is 0 Å². The lowest BCUT2D eigenvalue weighted by Gasteiger charge is -2.05. The molecule has 2 aliphatic rings. The topological polar surface area (TPSA) is 0 Å². The van der Waals surface area contributed by atoms with Crippen molar-refractivity contribution in [3.8, 4) is 0 Å². The smallest absolute Gasteiger partial charge is 0.00424 e. The van der Waals surface area contributed by atoms with Crippen molar-refractivity contribution in [1.29, 1.82) is 0 Å². The van der Waals surface area contributed by atoms with Crippen LogP contribution in [0.1, 0.15) is 0 Å². The van der Waals surface area contributed by atoms with E-state index in [1.165, 1.54) is 0 Å². The van der Waals surface area contributed by atoms with Crippen molar-refractivity contribution < 1.29 is 0 Å². The summed E-state index contributed by atoms with van der Waals surface area (Å²) >= 11 is 0. The Hall–Kier alpha value is 0.860. The van der Waals surface area contributed by atoms with Crippen LogP contribution in [-0.4, -0.2) is 18.2 Å². The molecule has 0 N–H and O–H groups in total. The van der Waals surface area contributed by atoms with Gasteiger partial charge in [0.1, 0.15) is 0 Å². The van der Waals surface area contributed by atoms with Crippen molar-refractivity contribution >= 4 is 15.2 Å². The SMILES string of the molecule is C1CP2CP12. The van der Waals surface area contributed by atoms with E-state index in [4.69, 9.17) is 0 Å². The summed E-state index contributed by atoms with van der Waals surface area (Å²) in [6.07, 6.45) is 3.31. The highest BCUT2D eigenvalue weighted by Gasteiger charge is 2.43. The third-order valence-corrected chi connectivity index (χ3v) is 9.42. The van der Waals surface area contributed by atoms with Gasteiger partial charge in [-0.15, -0.1) is 0 Å². The third-order valence-electron chi connectivity index (χ3n) is 1.26. The van der Waals surface area contributed by atoms with Crippen LogP contribution in [0.25, 0.3) is 0 Å². The standard InChI is InChI=1S/C3H6P2/c1-2-5-3-4(1)5/h1-3H2. The monoisotopic (exact) mass is 104 g/mol. The maximum Gasteiger partial charge on any atom is -0.00424 e. The molecule has 0 spiro atoms. The van der Waals surface area contributed by atoms with Gasteiger partial charge in [-0.1, -0.05) is 15.2 Å². The quantitative estimate of drug-likeness (QED) is 0.411. The van der Waals surface area contributed by atoms with E-state index in [-0.39, 0.29) is 0 Å². The first kappa shape index (κ1) is 2.94. The number of hydrogen-bond acceptors (Lipinski definition) is 0. The molecule has 5 heavy (non-hydrogen) atoms. The van der Waals surface area contributed by atoms with Crippen LogP contribution in [0.5, 0.6) is 0 Å². The van der Waals surface area contributed by atoms with Crippen LogP contribution in [0.2, 0.25) is 0 Å². The zero-order valence-corrected chi connectivity index (χ0v) is 4.80. The average Bonchev–Trinajstić information content (AvgIpc) is 1.74. The van der Waals surface area contributed by atoms with Crippen molar-refractivity contribution in [3.63, 3.8) is 0 Å². The maximum absolute atomic E-state index is 1.71. The Morgan fingerprint density at radius 1 is 1.00 bits per heavy atom. The second kappa shape index (κ2) is 0.745. The molecule has 2 heteroatoms. The third kappa shape index (κ3) is 0.283. The normalized spacial score (nSPS) is 57.6. The second-order valence-electron chi connectivity index (χ2n) is 1.60. The van der Waals surface area contributed by atoms with Gasteiger partial charge >= 0.3 is 0 Å². The van der Waals surface area contributed by atoms with Crippen LogP contribution in [0, 0.1) is 0 Å². The van der Waals surface area contributed by atoms with Crippen LogP contribution < -0.4 is 0 Å². The van der Waals surface area contributed by atoms with Gasteiger partial charge in [-0.2, -0.15) is 0 Å². The van der Waals surface area contributed by atoms with E-state index >= 15 is 0 Å². The lowest BCUT2D eigenvalue weighted by molar-refractivity contribution is 1.53. The molecule has 2 aliphatic heterocycles. The summed E-state index contributed by atoms with van der Waals surface area (Å²) in [5, 5.41) is 0. The van der Waals surface area contributed by atoms with Gasteiger partial charge in [0, 0.05) is 0 Å². The highest BCUT2D eigenvalue weighted by Crippen LogP contribution is 2.96. The Morgan fingerprint density at radius 3 is 1.60 bits per heavy atom. The first-order valence-electron chi connectivity index (χ1n) is 1.96. The molecule has 2 saturated heterocycles. The van der Waals surface area contributed by atoms with Gasteiger partial charge in [-0.25, -0.2) is 0 Å². The summed E-state index contributed by atoms with van der Waals surface area (Å²) in [6, 6.07) is 0. The maximum atomic E-state index is 1.71. The Morgan fingerprint density at radius 2 is 1.60 bits per heavy atom. The molecule has 2 heterocycles. The molecule has 2 atom stereocenters. The van der Waals surface area contributed by atoms with Crippen LogP contribution in [0.3, 0.4) is 0 Å². The van der Waals surface area contributed by atoms with Gasteiger partial charge < -0.3 is 0 Å². The molecule has 0 saturated carbocycles. The lowest BCUT2D eigenvalue weighted by atomic mass is 11.0. The van der Waals surface area contributed by atoms with Gasteiger partial charge in [0.05, 0.1) is 0 Å². The van der Waals surface area contributed by atoms with Crippen LogP contribution in [0.15, 0.2) is 0 Å². The molecule has 2 fully saturated rings. The van der Waals surface area contributed by atoms with E-state index in [1.54, 1.807) is 18.2 Å². The molecule has 0 aromatic heterocycles. The molecule has 0 aliphatic carbocycles. The summed E-state index contributed by atoms with van der Waals surface area (Å²) < 4.78 is 0. The van der Waals surface area contributed by atoms with Crippen molar-refractivity contribution in [2.24, 2.45) is 0 Å². The summed E-state index contributed by atoms with van der Waals surface area (Å²) in [5.41, 5.74) is 0. The first-order chi connectivity index (χ1) is 2.47. The molecule has 0 aromatic carbocycles. The predicted molar refractivity (Wildman–Crippen MR) is 28.4 cm³/mol. The van der Waals surface area contributed by atoms with Crippen LogP contribution >= 0.6 is 15.2 Å². The molecule has 2 unspecified atom stereocenters. The number of rotatable bonds is 0. The van der Waals surface area contributed by atoms with Gasteiger partial charge in [-0.3, -0.25) is 0 Å². The number of fused-ring (bicyclic) bond motifs is 1. The van der Waals surface area contributed by atoms with Crippen molar-refractivity contribution in [2.75, 3.05) is 18.2 Å². The Labute approximate surface area is 34.4 Å². The van der Waals surface area contributed by atoms with Crippen molar-refractivity contribution in [3.05, 3.63) is 0 Å². The van der Waals surface area contributed by atoms with E-state index in [9.17, 15) is 0 Å². The minimum absolute atomic E-state index is 0.814. The van der Waals surface area contributed by atoms with Gasteiger partial charge in [0.2, 0.25) is 0 Å². The van der Waals surface area contributed by atoms with E-state index < -0.39 is 0 Å². The molecule has 2 rings (SSSR count). The van der Waals surface area contributed by atoms with E-state index in [1.807, 2.05) is 0 Å². The minimum Gasteiger partial charge on any atom is -0.0755 e. The van der Waals surface area contributed by atoms with Crippen molar-refractivity contribution in [1.82, 2.24) is 0 Å². The largest absolute Gasteiger partial charge is 0.0755 e. The Kier molecular flexibility index (Phi) is 0.438. The first-order valence-corrected chi connectivity index (χ1v) is 6.09. The highest BCUT2D eigenvalue weighted by atomic mass is 32.1. The lowest BCUT2D eigenvalue weighted by Crippen LogP contribution is -1.80. The highest BCUT2D eigenvalue weighted by molar-refractivity contribution is 8.48. The van der Waals surface area contributed by atoms with E-state index in [0.29, 0.717) is 0 Å². The zero-order valence-electron chi connectivity index (χ0n) is 3.02. The molecular weight excluding hydrogens is 98.0 g/mol. The fourth-order valence-corrected chi connectivity index (χ4v) is 7.77. The predicted octanol–water partition coefficient (Wildman–Crippen LogP) is 1.85. The second-order valence-corrected chi connectivity index (χ2v) is 9.05. The Bertz CT molecular complexity index is 49.9. The number of hydrogen-bond donors (Lipinski definition) is 0. The molecule has 0 bridgehead atoms. The Balaban J connectivity index is 2.19. The van der Waals surface area contributed by atoms with Crippen LogP contribution in [-0.2, 0) is 0 Å². The van der Waals surface area contributed by atoms with Crippen LogP contribution in [0.4, 0.5) is 0 Å². The fourth-order valence-electron chi connectivity index (χ4n) is 0.684. The van der Waals surface area contributed by atoms with E-state index in [0.717, 1.165) is 15.2 Å². The molecule has 0 amide bonds. The summed E-state index contributed by atoms with van der Waals surface area (Å²) in [7, 11) is 1.63. The summed E-state index contributed by atoms with van der Waals surface area (Å²) in [6.45, 7) is 0. The summed E-state index contributed by atoms with van der Waals surface area (Å²) in [4.78, 5) is 0. The molecule has 0 nitrogen and oxygen atoms in total. The molecular formula is C3H6P2. The summed E-state index contributed by atoms with van der Waals surface area (Å²) in [5.74, 6) is 1.71. The zero-order chi connectivity index (χ0) is 3.28. The van der Waals surface area contributed by atoms with Gasteiger partial charge in [0.15, 0.2) is 0 Å². The fraction of sp³-hybridized carbons (Fsp3) is 1.00. The van der Waals surface area contributed by atoms with Gasteiger partial charge in [0.25, 0.3) is 0 Å². The minimum atomic E-state index is 0.814. The molecule has 28 valence electrons. The average molecular weight is 104 g/mol.